The fourth-order valence-corrected chi connectivity index (χ4v) is 2.71. The summed E-state index contributed by atoms with van der Waals surface area (Å²) in [6.45, 7) is 9.99. The largest absolute Gasteiger partial charge is 0.461 e. The Hall–Kier alpha value is -2.30. The van der Waals surface area contributed by atoms with Crippen LogP contribution in [0.15, 0.2) is 12.1 Å². The number of nitrogen functional groups attached to an aromatic ring is 1. The molecule has 0 fully saturated rings. The molecular formula is C16H21N3O2. The zero-order chi connectivity index (χ0) is 15.7. The zero-order valence-electron chi connectivity index (χ0n) is 13.2. The number of carbonyl (C=O) groups excluding carboxylic acids is 1. The van der Waals surface area contributed by atoms with Gasteiger partial charge >= 0.3 is 5.97 Å². The maximum Gasteiger partial charge on any atom is 0.360 e. The summed E-state index contributed by atoms with van der Waals surface area (Å²) in [5, 5.41) is 0. The van der Waals surface area contributed by atoms with E-state index >= 15 is 0 Å². The van der Waals surface area contributed by atoms with Gasteiger partial charge in [0, 0.05) is 0 Å². The van der Waals surface area contributed by atoms with Crippen molar-refractivity contribution in [3.63, 3.8) is 0 Å². The molecule has 0 saturated carbocycles. The van der Waals surface area contributed by atoms with Crippen molar-refractivity contribution in [2.24, 2.45) is 0 Å². The summed E-state index contributed by atoms with van der Waals surface area (Å²) in [6.07, 6.45) is 0. The van der Waals surface area contributed by atoms with Crippen LogP contribution >= 0.6 is 0 Å². The first-order chi connectivity index (χ1) is 9.86. The smallest absolute Gasteiger partial charge is 0.360 e. The Morgan fingerprint density at radius 2 is 1.81 bits per heavy atom. The number of benzene rings is 1. The van der Waals surface area contributed by atoms with Crippen molar-refractivity contribution in [3.05, 3.63) is 40.3 Å². The Balaban J connectivity index is 2.64. The first-order valence-electron chi connectivity index (χ1n) is 6.97. The SMILES string of the molecule is CCOC(=O)c1nc(C)n(-c2c(C)cc(C)cc2C)c1N. The van der Waals surface area contributed by atoms with E-state index in [1.165, 1.54) is 5.56 Å². The highest BCUT2D eigenvalue weighted by atomic mass is 16.5. The second-order valence-electron chi connectivity index (χ2n) is 5.20. The van der Waals surface area contributed by atoms with Crippen molar-refractivity contribution in [1.29, 1.82) is 0 Å². The standard InChI is InChI=1S/C16H21N3O2/c1-6-21-16(20)13-15(17)19(12(5)18-13)14-10(3)7-9(2)8-11(14)4/h7-8H,6,17H2,1-5H3. The number of hydrogen-bond acceptors (Lipinski definition) is 4. The van der Waals surface area contributed by atoms with Crippen molar-refractivity contribution >= 4 is 11.8 Å². The average Bonchev–Trinajstić information content (AvgIpc) is 2.66. The highest BCUT2D eigenvalue weighted by molar-refractivity contribution is 5.92. The number of hydrogen-bond donors (Lipinski definition) is 1. The van der Waals surface area contributed by atoms with Crippen LogP contribution in [0.25, 0.3) is 5.69 Å². The molecule has 0 bridgehead atoms. The molecule has 0 atom stereocenters. The van der Waals surface area contributed by atoms with Gasteiger partial charge in [0.05, 0.1) is 12.3 Å². The summed E-state index contributed by atoms with van der Waals surface area (Å²) in [6, 6.07) is 4.18. The van der Waals surface area contributed by atoms with Crippen LogP contribution in [-0.2, 0) is 4.74 Å². The lowest BCUT2D eigenvalue weighted by molar-refractivity contribution is 0.0521. The number of imidazole rings is 1. The van der Waals surface area contributed by atoms with Gasteiger partial charge in [-0.1, -0.05) is 17.7 Å². The minimum absolute atomic E-state index is 0.175. The van der Waals surface area contributed by atoms with Crippen molar-refractivity contribution < 1.29 is 9.53 Å². The van der Waals surface area contributed by atoms with Crippen molar-refractivity contribution in [2.45, 2.75) is 34.6 Å². The van der Waals surface area contributed by atoms with Crippen molar-refractivity contribution in [1.82, 2.24) is 9.55 Å². The number of anilines is 1. The molecule has 1 aromatic heterocycles. The van der Waals surface area contributed by atoms with E-state index in [1.54, 1.807) is 6.92 Å². The number of rotatable bonds is 3. The van der Waals surface area contributed by atoms with E-state index in [9.17, 15) is 4.79 Å². The van der Waals surface area contributed by atoms with Crippen LogP contribution in [0.2, 0.25) is 0 Å². The van der Waals surface area contributed by atoms with Gasteiger partial charge in [-0.15, -0.1) is 0 Å². The van der Waals surface area contributed by atoms with Crippen molar-refractivity contribution in [3.8, 4) is 5.69 Å². The summed E-state index contributed by atoms with van der Waals surface area (Å²) in [5.41, 5.74) is 10.7. The maximum absolute atomic E-state index is 11.9. The Bertz CT molecular complexity index is 679. The van der Waals surface area contributed by atoms with Crippen LogP contribution in [0.3, 0.4) is 0 Å². The second kappa shape index (κ2) is 5.60. The van der Waals surface area contributed by atoms with Crippen LogP contribution in [0.5, 0.6) is 0 Å². The molecule has 0 saturated heterocycles. The Labute approximate surface area is 124 Å². The number of aryl methyl sites for hydroxylation is 4. The minimum atomic E-state index is -0.487. The van der Waals surface area contributed by atoms with Crippen LogP contribution in [0.1, 0.15) is 39.9 Å². The summed E-state index contributed by atoms with van der Waals surface area (Å²) in [5.74, 6) is 0.505. The van der Waals surface area contributed by atoms with E-state index in [2.05, 4.69) is 24.0 Å². The molecule has 112 valence electrons. The lowest BCUT2D eigenvalue weighted by Gasteiger charge is -2.15. The molecule has 21 heavy (non-hydrogen) atoms. The lowest BCUT2D eigenvalue weighted by atomic mass is 10.0. The van der Waals surface area contributed by atoms with Gasteiger partial charge in [-0.2, -0.15) is 0 Å². The number of ether oxygens (including phenoxy) is 1. The predicted octanol–water partition coefficient (Wildman–Crippen LogP) is 2.86. The molecule has 0 spiro atoms. The summed E-state index contributed by atoms with van der Waals surface area (Å²) in [7, 11) is 0. The van der Waals surface area contributed by atoms with Crippen LogP contribution in [-0.4, -0.2) is 22.1 Å². The molecule has 0 amide bonds. The highest BCUT2D eigenvalue weighted by Gasteiger charge is 2.22. The monoisotopic (exact) mass is 287 g/mol. The first kappa shape index (κ1) is 15.1. The van der Waals surface area contributed by atoms with Gasteiger partial charge in [0.25, 0.3) is 0 Å². The van der Waals surface area contributed by atoms with Crippen LogP contribution < -0.4 is 5.73 Å². The molecule has 5 nitrogen and oxygen atoms in total. The molecule has 1 heterocycles. The Kier molecular flexibility index (Phi) is 4.02. The van der Waals surface area contributed by atoms with E-state index in [0.717, 1.165) is 16.8 Å². The normalized spacial score (nSPS) is 10.7. The number of carbonyl (C=O) groups is 1. The molecular weight excluding hydrogens is 266 g/mol. The lowest BCUT2D eigenvalue weighted by Crippen LogP contribution is -2.10. The van der Waals surface area contributed by atoms with E-state index in [-0.39, 0.29) is 5.69 Å². The molecule has 2 N–H and O–H groups in total. The van der Waals surface area contributed by atoms with Crippen LogP contribution in [0, 0.1) is 27.7 Å². The number of nitrogens with zero attached hydrogens (tertiary/aromatic N) is 2. The number of nitrogens with two attached hydrogens (primary N) is 1. The molecule has 0 aliphatic rings. The molecule has 0 radical (unpaired) electrons. The fourth-order valence-electron chi connectivity index (χ4n) is 2.71. The minimum Gasteiger partial charge on any atom is -0.461 e. The van der Waals surface area contributed by atoms with E-state index in [1.807, 2.05) is 25.3 Å². The molecule has 0 aliphatic heterocycles. The Morgan fingerprint density at radius 3 is 2.33 bits per heavy atom. The first-order valence-corrected chi connectivity index (χ1v) is 6.97. The summed E-state index contributed by atoms with van der Waals surface area (Å²) >= 11 is 0. The third-order valence-electron chi connectivity index (χ3n) is 3.41. The number of esters is 1. The van der Waals surface area contributed by atoms with Gasteiger partial charge in [0.15, 0.2) is 5.69 Å². The second-order valence-corrected chi connectivity index (χ2v) is 5.20. The van der Waals surface area contributed by atoms with Gasteiger partial charge in [-0.05, 0) is 45.7 Å². The average molecular weight is 287 g/mol. The molecule has 2 rings (SSSR count). The zero-order valence-corrected chi connectivity index (χ0v) is 13.2. The summed E-state index contributed by atoms with van der Waals surface area (Å²) < 4.78 is 6.81. The van der Waals surface area contributed by atoms with Gasteiger partial charge in [0.1, 0.15) is 11.6 Å². The molecule has 0 unspecified atom stereocenters. The predicted molar refractivity (Wildman–Crippen MR) is 82.9 cm³/mol. The molecule has 1 aromatic carbocycles. The maximum atomic E-state index is 11.9. The Morgan fingerprint density at radius 1 is 1.24 bits per heavy atom. The topological polar surface area (TPSA) is 70.1 Å². The van der Waals surface area contributed by atoms with Gasteiger partial charge in [0.2, 0.25) is 0 Å². The third-order valence-corrected chi connectivity index (χ3v) is 3.41. The quantitative estimate of drug-likeness (QED) is 0.881. The van der Waals surface area contributed by atoms with Crippen LogP contribution in [0.4, 0.5) is 5.82 Å². The summed E-state index contributed by atoms with van der Waals surface area (Å²) in [4.78, 5) is 16.2. The van der Waals surface area contributed by atoms with E-state index in [4.69, 9.17) is 10.5 Å². The van der Waals surface area contributed by atoms with Gasteiger partial charge in [-0.25, -0.2) is 9.78 Å². The van der Waals surface area contributed by atoms with E-state index < -0.39 is 5.97 Å². The molecule has 2 aromatic rings. The van der Waals surface area contributed by atoms with Gasteiger partial charge < -0.3 is 10.5 Å². The van der Waals surface area contributed by atoms with Gasteiger partial charge in [-0.3, -0.25) is 4.57 Å². The fraction of sp³-hybridized carbons (Fsp3) is 0.375. The number of aromatic nitrogens is 2. The van der Waals surface area contributed by atoms with E-state index in [0.29, 0.717) is 18.2 Å². The molecule has 5 heteroatoms. The van der Waals surface area contributed by atoms with Crippen molar-refractivity contribution in [2.75, 3.05) is 12.3 Å². The third kappa shape index (κ3) is 2.63. The highest BCUT2D eigenvalue weighted by Crippen LogP contribution is 2.27. The molecule has 0 aliphatic carbocycles.